The molecule has 29 heteroatoms. The van der Waals surface area contributed by atoms with Gasteiger partial charge < -0.3 is 4.74 Å². The average Bonchev–Trinajstić information content (AvgIpc) is 3.10. The summed E-state index contributed by atoms with van der Waals surface area (Å²) < 4.78 is 288. The number of alkyl halides is 24. The zero-order chi connectivity index (χ0) is 45.3. The van der Waals surface area contributed by atoms with Crippen LogP contribution in [0.15, 0.2) is 12.7 Å². The highest BCUT2D eigenvalue weighted by atomic mass is 19.4. The Kier molecular flexibility index (Phi) is 661. The molecule has 564 valence electrons. The first-order chi connectivity index (χ1) is 24.8. The Morgan fingerprint density at radius 2 is 0.524 bits per heavy atom. The first kappa shape index (κ1) is 271. The SMILES string of the molecule is C.C.C.C.C.C.C.C.C.C.C.C.C.C.C.C.C.C.C.C.C.C.C.C.C.C.C.C.C=CCF.CF.FCC(F)(CC(F)(F)F)CC(F)(F)F.FCC(F)(CF)CF.FCCC(F)(F)F.FCCCCOCF.FCF.FCOF.FCOF. The van der Waals surface area contributed by atoms with E-state index in [1.807, 2.05) is 0 Å². The lowest BCUT2D eigenvalue weighted by Gasteiger charge is -2.24. The lowest BCUT2D eigenvalue weighted by Crippen LogP contribution is -2.37. The highest BCUT2D eigenvalue weighted by Gasteiger charge is 2.49. The van der Waals surface area contributed by atoms with Gasteiger partial charge in [0.25, 0.3) is 0 Å². The number of hydrogen-bond donors (Lipinski definition) is 0. The van der Waals surface area contributed by atoms with Gasteiger partial charge in [-0.1, -0.05) is 214 Å². The summed E-state index contributed by atoms with van der Waals surface area (Å²) in [6, 6.07) is 0. The molecule has 0 aliphatic heterocycles. The maximum atomic E-state index is 12.7. The first-order valence-electron chi connectivity index (χ1n) is 13.1. The second-order valence-electron chi connectivity index (χ2n) is 7.87. The molecule has 0 rings (SSSR count). The van der Waals surface area contributed by atoms with Crippen molar-refractivity contribution in [3.05, 3.63) is 12.7 Å². The van der Waals surface area contributed by atoms with Gasteiger partial charge >= 0.3 is 18.5 Å². The van der Waals surface area contributed by atoms with Gasteiger partial charge in [0, 0.05) is 6.61 Å². The second kappa shape index (κ2) is 200. The van der Waals surface area contributed by atoms with E-state index in [9.17, 15) is 114 Å². The van der Waals surface area contributed by atoms with Crippen LogP contribution in [-0.4, -0.2) is 118 Å². The van der Waals surface area contributed by atoms with Crippen LogP contribution in [-0.2, 0) is 14.6 Å². The van der Waals surface area contributed by atoms with Crippen molar-refractivity contribution in [2.75, 3.05) is 88.0 Å². The van der Waals surface area contributed by atoms with Crippen molar-refractivity contribution in [3.8, 4) is 0 Å². The van der Waals surface area contributed by atoms with Crippen molar-refractivity contribution in [2.24, 2.45) is 0 Å². The Bertz CT molecular complexity index is 621. The number of halogens is 26. The third kappa shape index (κ3) is 402. The molecule has 0 unspecified atom stereocenters. The van der Waals surface area contributed by atoms with Gasteiger partial charge in [0.2, 0.25) is 20.6 Å². The smallest absolute Gasteiger partial charge is 0.350 e. The molecule has 0 aromatic heterocycles. The topological polar surface area (TPSA) is 27.7 Å². The predicted molar refractivity (Wildman–Crippen MR) is 332 cm³/mol. The molecule has 0 saturated heterocycles. The van der Waals surface area contributed by atoms with E-state index in [0.717, 1.165) is 0 Å². The van der Waals surface area contributed by atoms with Crippen LogP contribution in [0.1, 0.15) is 240 Å². The lowest BCUT2D eigenvalue weighted by atomic mass is 9.99. The molecule has 0 aliphatic rings. The van der Waals surface area contributed by atoms with Gasteiger partial charge in [0.05, 0.1) is 39.8 Å². The summed E-state index contributed by atoms with van der Waals surface area (Å²) in [5.41, 5.74) is -6.78. The van der Waals surface area contributed by atoms with Gasteiger partial charge in [-0.25, -0.2) is 52.7 Å². The van der Waals surface area contributed by atoms with Crippen molar-refractivity contribution >= 4 is 0 Å². The van der Waals surface area contributed by atoms with E-state index < -0.39 is 117 Å². The van der Waals surface area contributed by atoms with E-state index in [2.05, 4.69) is 21.2 Å². The fourth-order valence-electron chi connectivity index (χ4n) is 1.44. The molecule has 82 heavy (non-hydrogen) atoms. The number of rotatable bonds is 15. The lowest BCUT2D eigenvalue weighted by molar-refractivity contribution is -0.201. The van der Waals surface area contributed by atoms with Gasteiger partial charge in [-0.15, -0.1) is 6.58 Å². The molecule has 0 amide bonds. The average molecular weight is 1330 g/mol. The van der Waals surface area contributed by atoms with Gasteiger partial charge in [0.15, 0.2) is 18.2 Å². The minimum Gasteiger partial charge on any atom is -0.350 e. The van der Waals surface area contributed by atoms with Crippen molar-refractivity contribution in [2.45, 2.75) is 270 Å². The number of unbranched alkanes of at least 4 members (excludes halogenated alkanes) is 1. The zero-order valence-electron chi connectivity index (χ0n) is 27.9. The van der Waals surface area contributed by atoms with Gasteiger partial charge in [-0.05, 0) is 21.9 Å². The summed E-state index contributed by atoms with van der Waals surface area (Å²) >= 11 is 0. The van der Waals surface area contributed by atoms with Crippen molar-refractivity contribution in [1.29, 1.82) is 0 Å². The largest absolute Gasteiger partial charge is 0.392 e. The van der Waals surface area contributed by atoms with Gasteiger partial charge in [0.1, 0.15) is 33.4 Å². The molecular weight excluding hydrogens is 1180 g/mol. The molecule has 0 saturated carbocycles. The highest BCUT2D eigenvalue weighted by molar-refractivity contribution is 4.84. The summed E-state index contributed by atoms with van der Waals surface area (Å²) in [7, 11) is 0.500. The van der Waals surface area contributed by atoms with Crippen LogP contribution in [0.3, 0.4) is 0 Å². The molecule has 0 fully saturated rings. The summed E-state index contributed by atoms with van der Waals surface area (Å²) in [5.74, 6) is 0. The minimum absolute atomic E-state index is 0. The summed E-state index contributed by atoms with van der Waals surface area (Å²) in [6.45, 7) is -10.9. The number of ether oxygens (including phenoxy) is 1. The van der Waals surface area contributed by atoms with Crippen LogP contribution >= 0.6 is 0 Å². The standard InChI is InChI=1S/C6H6F8.C5H10F2O.C4H6F4.C3H4F4.C3H5F.2CH2F2O.CH2F2.CH3F.28CH4/c7-3-4(8,1-5(9,10)11)2-6(12,13)14;6-3-1-2-4-8-5-7;5-1-4(8,2-6)3-7;4-2-1-3(5,6)7;1-2-3-4;2*2-1-4-3;2-1-3;1-2;;;;;;;;;;;;;;;;;;;;;;;;;;;;/h1-3H2;1-5H2;1-3H2;1-2H2;2H,1,3H2;2*1H2;1H2;1H3;28*1H4. The first-order valence-corrected chi connectivity index (χ1v) is 13.1. The van der Waals surface area contributed by atoms with Crippen LogP contribution in [0.5, 0.6) is 0 Å². The Labute approximate surface area is 499 Å². The van der Waals surface area contributed by atoms with E-state index >= 15 is 0 Å². The molecular formula is C53H152F26O3. The van der Waals surface area contributed by atoms with Crippen LogP contribution in [0, 0.1) is 0 Å². The molecule has 0 aromatic rings. The maximum Gasteiger partial charge on any atom is 0.392 e. The zero-order valence-corrected chi connectivity index (χ0v) is 27.9. The molecule has 0 radical (unpaired) electrons. The maximum absolute atomic E-state index is 12.7. The van der Waals surface area contributed by atoms with E-state index in [0.29, 0.717) is 26.6 Å². The molecule has 0 aromatic carbocycles. The molecule has 0 N–H and O–H groups in total. The molecule has 0 atom stereocenters. The fourth-order valence-corrected chi connectivity index (χ4v) is 1.44. The predicted octanol–water partition coefficient (Wildman–Crippen LogP) is 30.8. The van der Waals surface area contributed by atoms with Crippen LogP contribution < -0.4 is 0 Å². The van der Waals surface area contributed by atoms with Crippen molar-refractivity contribution < 1.29 is 129 Å². The minimum atomic E-state index is -5.16. The summed E-state index contributed by atoms with van der Waals surface area (Å²) in [4.78, 5) is 4.75. The quantitative estimate of drug-likeness (QED) is 0.0929. The molecule has 3 nitrogen and oxygen atoms in total. The molecule has 0 aliphatic carbocycles. The Morgan fingerprint density at radius 3 is 0.598 bits per heavy atom. The van der Waals surface area contributed by atoms with Gasteiger partial charge in [-0.2, -0.15) is 49.4 Å². The van der Waals surface area contributed by atoms with E-state index in [-0.39, 0.29) is 215 Å². The van der Waals surface area contributed by atoms with E-state index in [1.165, 1.54) is 6.08 Å². The van der Waals surface area contributed by atoms with E-state index in [1.54, 1.807) is 0 Å². The van der Waals surface area contributed by atoms with Crippen molar-refractivity contribution in [3.63, 3.8) is 0 Å². The van der Waals surface area contributed by atoms with E-state index in [4.69, 9.17) is 0 Å². The Balaban J connectivity index is -0.00000000789. The van der Waals surface area contributed by atoms with Crippen LogP contribution in [0.4, 0.5) is 114 Å². The monoisotopic (exact) mass is 1330 g/mol. The normalized spacial score (nSPS) is 6.96. The summed E-state index contributed by atoms with van der Waals surface area (Å²) in [6.07, 6.45) is -18.5. The molecule has 0 spiro atoms. The molecule has 0 heterocycles. The Hall–Kier alpha value is -2.20. The number of hydrogen-bond acceptors (Lipinski definition) is 3. The van der Waals surface area contributed by atoms with Gasteiger partial charge in [-0.3, -0.25) is 13.2 Å². The Morgan fingerprint density at radius 1 is 0.329 bits per heavy atom. The molecule has 0 bridgehead atoms. The summed E-state index contributed by atoms with van der Waals surface area (Å²) in [5, 5.41) is 0. The van der Waals surface area contributed by atoms with Crippen LogP contribution in [0.2, 0.25) is 0 Å². The third-order valence-corrected chi connectivity index (χ3v) is 3.31. The highest BCUT2D eigenvalue weighted by Crippen LogP contribution is 2.38. The second-order valence-corrected chi connectivity index (χ2v) is 7.87. The van der Waals surface area contributed by atoms with Crippen molar-refractivity contribution in [1.82, 2.24) is 0 Å². The number of allylic oxidation sites excluding steroid dienone is 1. The fraction of sp³-hybridized carbons (Fsp3) is 0.962. The van der Waals surface area contributed by atoms with Crippen LogP contribution in [0.25, 0.3) is 0 Å². The third-order valence-electron chi connectivity index (χ3n) is 3.31.